The number of hydrogen-bond donors (Lipinski definition) is 1. The minimum atomic E-state index is -3.74. The van der Waals surface area contributed by atoms with Gasteiger partial charge in [0, 0.05) is 12.5 Å². The summed E-state index contributed by atoms with van der Waals surface area (Å²) in [6.45, 7) is 1.90. The molecule has 0 aromatic heterocycles. The molecule has 7 heteroatoms. The lowest BCUT2D eigenvalue weighted by Gasteiger charge is -2.30. The quantitative estimate of drug-likeness (QED) is 0.631. The molecule has 1 saturated heterocycles. The normalized spacial score (nSPS) is 20.1. The fourth-order valence-electron chi connectivity index (χ4n) is 3.98. The number of sulfonamides is 1. The van der Waals surface area contributed by atoms with Crippen LogP contribution in [0.1, 0.15) is 55.7 Å². The number of aliphatic carboxylic acids is 1. The number of halogens is 1. The van der Waals surface area contributed by atoms with Crippen LogP contribution in [0.5, 0.6) is 0 Å². The summed E-state index contributed by atoms with van der Waals surface area (Å²) in [6, 6.07) is 12.2. The van der Waals surface area contributed by atoms with E-state index in [2.05, 4.69) is 0 Å². The topological polar surface area (TPSA) is 74.7 Å². The number of carbonyl (C=O) groups is 1. The summed E-state index contributed by atoms with van der Waals surface area (Å²) in [5.41, 5.74) is 1.75. The van der Waals surface area contributed by atoms with Crippen molar-refractivity contribution in [2.24, 2.45) is 0 Å². The molecular weight excluding hydrogens is 393 g/mol. The molecule has 1 fully saturated rings. The van der Waals surface area contributed by atoms with E-state index in [0.717, 1.165) is 11.1 Å². The maximum atomic E-state index is 13.5. The third-order valence-corrected chi connectivity index (χ3v) is 7.45. The van der Waals surface area contributed by atoms with Gasteiger partial charge in [0.1, 0.15) is 5.82 Å². The van der Waals surface area contributed by atoms with Crippen LogP contribution >= 0.6 is 0 Å². The molecule has 0 saturated carbocycles. The molecule has 2 atom stereocenters. The van der Waals surface area contributed by atoms with Gasteiger partial charge in [0.2, 0.25) is 10.0 Å². The first-order chi connectivity index (χ1) is 13.8. The number of benzene rings is 2. The van der Waals surface area contributed by atoms with Crippen LogP contribution in [0.4, 0.5) is 4.39 Å². The summed E-state index contributed by atoms with van der Waals surface area (Å²) in [5, 5.41) is 8.83. The second-order valence-electron chi connectivity index (χ2n) is 7.59. The van der Waals surface area contributed by atoms with Gasteiger partial charge in [-0.25, -0.2) is 12.8 Å². The molecule has 0 bridgehead atoms. The molecule has 3 rings (SSSR count). The van der Waals surface area contributed by atoms with Gasteiger partial charge in [-0.3, -0.25) is 4.79 Å². The minimum Gasteiger partial charge on any atom is -0.481 e. The summed E-state index contributed by atoms with van der Waals surface area (Å²) in [6.07, 6.45) is 3.20. The molecular formula is C22H26FNO4S. The van der Waals surface area contributed by atoms with Crippen LogP contribution in [0.25, 0.3) is 0 Å². The van der Waals surface area contributed by atoms with Crippen LogP contribution < -0.4 is 0 Å². The summed E-state index contributed by atoms with van der Waals surface area (Å²) in [5.74, 6) is -1.20. The smallest absolute Gasteiger partial charge is 0.303 e. The zero-order chi connectivity index (χ0) is 21.0. The first-order valence-electron chi connectivity index (χ1n) is 9.86. The lowest BCUT2D eigenvalue weighted by Crippen LogP contribution is -2.37. The molecule has 2 aromatic carbocycles. The summed E-state index contributed by atoms with van der Waals surface area (Å²) < 4.78 is 41.9. The van der Waals surface area contributed by atoms with Crippen molar-refractivity contribution in [3.05, 3.63) is 65.5 Å². The Labute approximate surface area is 171 Å². The molecule has 5 nitrogen and oxygen atoms in total. The number of aryl methyl sites for hydroxylation is 1. The summed E-state index contributed by atoms with van der Waals surface area (Å²) in [4.78, 5) is 11.0. The number of hydrogen-bond acceptors (Lipinski definition) is 3. The van der Waals surface area contributed by atoms with E-state index in [0.29, 0.717) is 32.1 Å². The predicted molar refractivity (Wildman–Crippen MR) is 108 cm³/mol. The molecule has 0 aliphatic carbocycles. The largest absolute Gasteiger partial charge is 0.481 e. The molecule has 156 valence electrons. The van der Waals surface area contributed by atoms with Crippen molar-refractivity contribution in [1.82, 2.24) is 4.31 Å². The third-order valence-electron chi connectivity index (χ3n) is 5.47. The van der Waals surface area contributed by atoms with Gasteiger partial charge in [0.15, 0.2) is 0 Å². The molecule has 1 heterocycles. The second-order valence-corrected chi connectivity index (χ2v) is 9.43. The number of unbranched alkanes of at least 4 members (excludes halogenated alkanes) is 1. The Morgan fingerprint density at radius 2 is 1.72 bits per heavy atom. The SMILES string of the molecule is Cc1ccc(S(=O)(=O)N2C(CCCCC(=O)O)CCC2c2ccc(F)cc2)cc1. The fraction of sp³-hybridized carbons (Fsp3) is 0.409. The van der Waals surface area contributed by atoms with E-state index in [-0.39, 0.29) is 29.2 Å². The molecule has 1 aliphatic heterocycles. The zero-order valence-electron chi connectivity index (χ0n) is 16.4. The highest BCUT2D eigenvalue weighted by Crippen LogP contribution is 2.42. The zero-order valence-corrected chi connectivity index (χ0v) is 17.2. The Kier molecular flexibility index (Phi) is 6.70. The number of rotatable bonds is 8. The van der Waals surface area contributed by atoms with Gasteiger partial charge in [-0.05, 0) is 62.4 Å². The van der Waals surface area contributed by atoms with Crippen molar-refractivity contribution in [3.8, 4) is 0 Å². The van der Waals surface area contributed by atoms with Crippen LogP contribution in [0, 0.1) is 12.7 Å². The van der Waals surface area contributed by atoms with Crippen LogP contribution in [0.15, 0.2) is 53.4 Å². The molecule has 2 aromatic rings. The lowest BCUT2D eigenvalue weighted by atomic mass is 10.0. The van der Waals surface area contributed by atoms with E-state index in [1.165, 1.54) is 12.1 Å². The van der Waals surface area contributed by atoms with E-state index in [9.17, 15) is 17.6 Å². The van der Waals surface area contributed by atoms with E-state index < -0.39 is 16.0 Å². The molecule has 2 unspecified atom stereocenters. The van der Waals surface area contributed by atoms with Gasteiger partial charge in [0.25, 0.3) is 0 Å². The second kappa shape index (κ2) is 9.05. The standard InChI is InChI=1S/C22H26FNO4S/c1-16-6-13-20(14-7-16)29(27,28)24-19(4-2-3-5-22(25)26)12-15-21(24)17-8-10-18(23)11-9-17/h6-11,13-14,19,21H,2-5,12,15H2,1H3,(H,25,26). The lowest BCUT2D eigenvalue weighted by molar-refractivity contribution is -0.137. The van der Waals surface area contributed by atoms with Gasteiger partial charge < -0.3 is 5.11 Å². The van der Waals surface area contributed by atoms with Crippen molar-refractivity contribution < 1.29 is 22.7 Å². The Balaban J connectivity index is 1.89. The average molecular weight is 420 g/mol. The highest BCUT2D eigenvalue weighted by Gasteiger charge is 2.42. The van der Waals surface area contributed by atoms with Gasteiger partial charge in [0.05, 0.1) is 10.9 Å². The monoisotopic (exact) mass is 419 g/mol. The molecule has 29 heavy (non-hydrogen) atoms. The number of carboxylic acid groups (broad SMARTS) is 1. The van der Waals surface area contributed by atoms with Crippen molar-refractivity contribution in [2.45, 2.75) is 62.4 Å². The first-order valence-corrected chi connectivity index (χ1v) is 11.3. The van der Waals surface area contributed by atoms with Gasteiger partial charge in [-0.15, -0.1) is 0 Å². The molecule has 1 aliphatic rings. The highest BCUT2D eigenvalue weighted by atomic mass is 32.2. The fourth-order valence-corrected chi connectivity index (χ4v) is 5.87. The summed E-state index contributed by atoms with van der Waals surface area (Å²) in [7, 11) is -3.74. The van der Waals surface area contributed by atoms with Crippen molar-refractivity contribution in [2.75, 3.05) is 0 Å². The molecule has 1 N–H and O–H groups in total. The maximum absolute atomic E-state index is 13.5. The predicted octanol–water partition coefficient (Wildman–Crippen LogP) is 4.67. The Morgan fingerprint density at radius 1 is 1.07 bits per heavy atom. The Bertz CT molecular complexity index is 942. The van der Waals surface area contributed by atoms with Gasteiger partial charge >= 0.3 is 5.97 Å². The van der Waals surface area contributed by atoms with E-state index in [1.54, 1.807) is 40.7 Å². The number of nitrogens with zero attached hydrogens (tertiary/aromatic N) is 1. The van der Waals surface area contributed by atoms with Crippen molar-refractivity contribution in [1.29, 1.82) is 0 Å². The van der Waals surface area contributed by atoms with E-state index in [1.807, 2.05) is 6.92 Å². The maximum Gasteiger partial charge on any atom is 0.303 e. The van der Waals surface area contributed by atoms with Crippen LogP contribution in [0.3, 0.4) is 0 Å². The van der Waals surface area contributed by atoms with Crippen LogP contribution in [-0.2, 0) is 14.8 Å². The Hall–Kier alpha value is -2.25. The van der Waals surface area contributed by atoms with Gasteiger partial charge in [-0.1, -0.05) is 36.2 Å². The summed E-state index contributed by atoms with van der Waals surface area (Å²) >= 11 is 0. The molecule has 0 amide bonds. The van der Waals surface area contributed by atoms with E-state index >= 15 is 0 Å². The number of carboxylic acids is 1. The Morgan fingerprint density at radius 3 is 2.34 bits per heavy atom. The average Bonchev–Trinajstić information content (AvgIpc) is 3.11. The van der Waals surface area contributed by atoms with Crippen LogP contribution in [-0.4, -0.2) is 29.8 Å². The van der Waals surface area contributed by atoms with Crippen molar-refractivity contribution >= 4 is 16.0 Å². The minimum absolute atomic E-state index is 0.0822. The van der Waals surface area contributed by atoms with Crippen LogP contribution in [0.2, 0.25) is 0 Å². The third kappa shape index (κ3) is 5.03. The van der Waals surface area contributed by atoms with Gasteiger partial charge in [-0.2, -0.15) is 4.31 Å². The molecule has 0 radical (unpaired) electrons. The van der Waals surface area contributed by atoms with E-state index in [4.69, 9.17) is 5.11 Å². The highest BCUT2D eigenvalue weighted by molar-refractivity contribution is 7.89. The first kappa shape index (κ1) is 21.5. The molecule has 0 spiro atoms. The van der Waals surface area contributed by atoms with Crippen molar-refractivity contribution in [3.63, 3.8) is 0 Å².